The highest BCUT2D eigenvalue weighted by molar-refractivity contribution is 5.71. The molecule has 0 aromatic carbocycles. The minimum Gasteiger partial charge on any atom is -0.462 e. The highest BCUT2D eigenvalue weighted by atomic mass is 16.6. The van der Waals surface area contributed by atoms with Crippen LogP contribution in [0.25, 0.3) is 0 Å². The van der Waals surface area contributed by atoms with Crippen molar-refractivity contribution < 1.29 is 28.6 Å². The Balaban J connectivity index is 4.73. The summed E-state index contributed by atoms with van der Waals surface area (Å²) in [7, 11) is 0. The molecule has 0 spiro atoms. The molecule has 0 saturated heterocycles. The zero-order chi connectivity index (χ0) is 46.5. The molecule has 0 aliphatic rings. The van der Waals surface area contributed by atoms with Crippen LogP contribution in [0.1, 0.15) is 156 Å². The maximum Gasteiger partial charge on any atom is 0.306 e. The summed E-state index contributed by atoms with van der Waals surface area (Å²) in [5.74, 6) is -1.20. The lowest BCUT2D eigenvalue weighted by Gasteiger charge is -2.18. The summed E-state index contributed by atoms with van der Waals surface area (Å²) in [5, 5.41) is 0. The Kier molecular flexibility index (Phi) is 46.3. The number of carbonyl (C=O) groups excluding carboxylic acids is 3. The third-order valence-corrected chi connectivity index (χ3v) is 9.08. The fourth-order valence-electron chi connectivity index (χ4n) is 5.51. The molecule has 0 aliphatic carbocycles. The smallest absolute Gasteiger partial charge is 0.306 e. The summed E-state index contributed by atoms with van der Waals surface area (Å²) >= 11 is 0. The average molecular weight is 877 g/mol. The first-order chi connectivity index (χ1) is 31.5. The van der Waals surface area contributed by atoms with E-state index < -0.39 is 12.1 Å². The standard InChI is InChI=1S/C58H84O6/c1-4-7-10-13-16-19-22-25-27-29-31-33-36-39-42-45-48-51-57(60)63-54-55(53-62-56(59)50-47-44-41-38-35-32-24-21-18-15-12-9-6-3)64-58(61)52-49-46-43-40-37-34-30-28-26-23-20-17-14-11-8-5-2/h8-9,11-12,15-21,24-28,31-35,37-39,41-43,46,55H,4-7,10,13-14,22-23,29-30,36,40,44-45,47-54H2,1-3H3/b11-8+,12-9+,18-15+,19-16+,20-17+,24-21+,27-25+,28-26+,33-31+,35-32+,37-34+,41-38+,42-39+,46-43+. The Morgan fingerprint density at radius 3 is 1.14 bits per heavy atom. The summed E-state index contributed by atoms with van der Waals surface area (Å²) in [4.78, 5) is 37.8. The van der Waals surface area contributed by atoms with Crippen LogP contribution in [0.4, 0.5) is 0 Å². The lowest BCUT2D eigenvalue weighted by molar-refractivity contribution is -0.166. The normalized spacial score (nSPS) is 13.6. The molecule has 0 bridgehead atoms. The molecule has 0 fully saturated rings. The zero-order valence-electron chi connectivity index (χ0n) is 40.0. The molecule has 0 heterocycles. The van der Waals surface area contributed by atoms with Crippen molar-refractivity contribution in [2.45, 2.75) is 162 Å². The Morgan fingerprint density at radius 1 is 0.344 bits per heavy atom. The number of hydrogen-bond acceptors (Lipinski definition) is 6. The van der Waals surface area contributed by atoms with E-state index in [9.17, 15) is 14.4 Å². The zero-order valence-corrected chi connectivity index (χ0v) is 40.0. The molecule has 1 atom stereocenters. The molecular formula is C58H84O6. The van der Waals surface area contributed by atoms with Gasteiger partial charge >= 0.3 is 17.9 Å². The van der Waals surface area contributed by atoms with Gasteiger partial charge in [-0.2, -0.15) is 0 Å². The van der Waals surface area contributed by atoms with Gasteiger partial charge in [0.1, 0.15) is 13.2 Å². The van der Waals surface area contributed by atoms with E-state index in [1.165, 1.54) is 25.7 Å². The summed E-state index contributed by atoms with van der Waals surface area (Å²) in [6, 6.07) is 0. The molecule has 1 unspecified atom stereocenters. The van der Waals surface area contributed by atoms with Gasteiger partial charge < -0.3 is 14.2 Å². The van der Waals surface area contributed by atoms with E-state index in [0.717, 1.165) is 70.6 Å². The number of ether oxygens (including phenoxy) is 3. The van der Waals surface area contributed by atoms with Crippen molar-refractivity contribution in [3.05, 3.63) is 170 Å². The van der Waals surface area contributed by atoms with Crippen molar-refractivity contribution in [1.82, 2.24) is 0 Å². The number of allylic oxidation sites excluding steroid dienone is 28. The van der Waals surface area contributed by atoms with Crippen molar-refractivity contribution in [3.8, 4) is 0 Å². The molecule has 352 valence electrons. The Bertz CT molecular complexity index is 1570. The van der Waals surface area contributed by atoms with Crippen LogP contribution in [-0.4, -0.2) is 37.2 Å². The van der Waals surface area contributed by atoms with E-state index >= 15 is 0 Å². The topological polar surface area (TPSA) is 78.9 Å². The van der Waals surface area contributed by atoms with Gasteiger partial charge in [-0.05, 0) is 103 Å². The number of hydrogen-bond donors (Lipinski definition) is 0. The first kappa shape index (κ1) is 58.8. The maximum atomic E-state index is 12.7. The van der Waals surface area contributed by atoms with E-state index in [4.69, 9.17) is 14.2 Å². The number of carbonyl (C=O) groups is 3. The van der Waals surface area contributed by atoms with Gasteiger partial charge in [0.15, 0.2) is 6.10 Å². The van der Waals surface area contributed by atoms with E-state index in [1.54, 1.807) is 0 Å². The predicted octanol–water partition coefficient (Wildman–Crippen LogP) is 16.0. The number of rotatable bonds is 40. The fraction of sp³-hybridized carbons (Fsp3) is 0.466. The van der Waals surface area contributed by atoms with Crippen LogP contribution in [0.5, 0.6) is 0 Å². The van der Waals surface area contributed by atoms with Crippen LogP contribution in [0, 0.1) is 0 Å². The number of unbranched alkanes of at least 4 members (excludes halogenated alkanes) is 5. The van der Waals surface area contributed by atoms with Gasteiger partial charge in [-0.25, -0.2) is 0 Å². The van der Waals surface area contributed by atoms with Gasteiger partial charge in [0.25, 0.3) is 0 Å². The van der Waals surface area contributed by atoms with Crippen LogP contribution in [0.2, 0.25) is 0 Å². The summed E-state index contributed by atoms with van der Waals surface area (Å²) < 4.78 is 16.6. The Morgan fingerprint density at radius 2 is 0.703 bits per heavy atom. The van der Waals surface area contributed by atoms with Gasteiger partial charge in [-0.3, -0.25) is 14.4 Å². The molecule has 64 heavy (non-hydrogen) atoms. The Labute approximate surface area is 390 Å². The third-order valence-electron chi connectivity index (χ3n) is 9.08. The lowest BCUT2D eigenvalue weighted by Crippen LogP contribution is -2.30. The molecule has 0 saturated carbocycles. The largest absolute Gasteiger partial charge is 0.462 e. The van der Waals surface area contributed by atoms with Crippen molar-refractivity contribution in [1.29, 1.82) is 0 Å². The first-order valence-electron chi connectivity index (χ1n) is 24.2. The van der Waals surface area contributed by atoms with Crippen LogP contribution >= 0.6 is 0 Å². The minimum atomic E-state index is -0.877. The van der Waals surface area contributed by atoms with Gasteiger partial charge in [0.05, 0.1) is 0 Å². The molecule has 6 nitrogen and oxygen atoms in total. The minimum absolute atomic E-state index is 0.168. The fourth-order valence-corrected chi connectivity index (χ4v) is 5.51. The van der Waals surface area contributed by atoms with E-state index in [2.05, 4.69) is 124 Å². The van der Waals surface area contributed by atoms with Gasteiger partial charge in [0, 0.05) is 19.3 Å². The molecule has 0 radical (unpaired) electrons. The third kappa shape index (κ3) is 47.8. The van der Waals surface area contributed by atoms with Gasteiger partial charge in [0.2, 0.25) is 0 Å². The average Bonchev–Trinajstić information content (AvgIpc) is 3.29. The van der Waals surface area contributed by atoms with Crippen LogP contribution in [0.3, 0.4) is 0 Å². The molecule has 0 rings (SSSR count). The Hall–Kier alpha value is -5.23. The molecule has 6 heteroatoms. The molecule has 0 aliphatic heterocycles. The summed E-state index contributed by atoms with van der Waals surface area (Å²) in [5.41, 5.74) is 0. The lowest BCUT2D eigenvalue weighted by atomic mass is 10.2. The second kappa shape index (κ2) is 50.4. The molecule has 0 amide bonds. The van der Waals surface area contributed by atoms with Crippen LogP contribution < -0.4 is 0 Å². The summed E-state index contributed by atoms with van der Waals surface area (Å²) in [6.07, 6.45) is 75.0. The van der Waals surface area contributed by atoms with Crippen molar-refractivity contribution in [3.63, 3.8) is 0 Å². The maximum absolute atomic E-state index is 12.7. The quantitative estimate of drug-likeness (QED) is 0.0201. The monoisotopic (exact) mass is 877 g/mol. The first-order valence-corrected chi connectivity index (χ1v) is 24.2. The van der Waals surface area contributed by atoms with Crippen molar-refractivity contribution in [2.75, 3.05) is 13.2 Å². The van der Waals surface area contributed by atoms with E-state index in [-0.39, 0.29) is 44.4 Å². The van der Waals surface area contributed by atoms with Crippen LogP contribution in [-0.2, 0) is 28.6 Å². The van der Waals surface area contributed by atoms with Crippen LogP contribution in [0.15, 0.2) is 170 Å². The van der Waals surface area contributed by atoms with E-state index in [1.807, 2.05) is 66.8 Å². The predicted molar refractivity (Wildman–Crippen MR) is 274 cm³/mol. The second-order valence-electron chi connectivity index (χ2n) is 15.0. The highest BCUT2D eigenvalue weighted by Gasteiger charge is 2.19. The highest BCUT2D eigenvalue weighted by Crippen LogP contribution is 2.08. The van der Waals surface area contributed by atoms with Crippen molar-refractivity contribution >= 4 is 17.9 Å². The molecule has 0 N–H and O–H groups in total. The summed E-state index contributed by atoms with van der Waals surface area (Å²) in [6.45, 7) is 6.13. The molecule has 0 aromatic heterocycles. The number of esters is 3. The van der Waals surface area contributed by atoms with Crippen molar-refractivity contribution in [2.24, 2.45) is 0 Å². The van der Waals surface area contributed by atoms with Gasteiger partial charge in [-0.1, -0.05) is 204 Å². The van der Waals surface area contributed by atoms with E-state index in [0.29, 0.717) is 19.3 Å². The van der Waals surface area contributed by atoms with Gasteiger partial charge in [-0.15, -0.1) is 0 Å². The molecular weight excluding hydrogens is 793 g/mol. The second-order valence-corrected chi connectivity index (χ2v) is 15.0. The SMILES string of the molecule is CC/C=C/C=C/C=C/C=C/C=C/CCCC(=O)OCC(COC(=O)CCC/C=C/C/C=C/C/C=C/C/C=C/CCCCC)OC(=O)CC/C=C/C/C=C/C/C=C/C/C=C/C/C=C/CC. The molecule has 0 aromatic rings.